The summed E-state index contributed by atoms with van der Waals surface area (Å²) in [6, 6.07) is 8.01. The summed E-state index contributed by atoms with van der Waals surface area (Å²) in [5.41, 5.74) is 3.32. The van der Waals surface area contributed by atoms with Gasteiger partial charge in [-0.2, -0.15) is 0 Å². The van der Waals surface area contributed by atoms with Crippen LogP contribution >= 0.6 is 0 Å². The number of sulfonamides is 1. The summed E-state index contributed by atoms with van der Waals surface area (Å²) >= 11 is 0. The fourth-order valence-corrected chi connectivity index (χ4v) is 4.80. The van der Waals surface area contributed by atoms with Gasteiger partial charge in [-0.05, 0) is 50.1 Å². The molecule has 0 aromatic heterocycles. The summed E-state index contributed by atoms with van der Waals surface area (Å²) in [6.07, 6.45) is 0.236. The first-order valence-electron chi connectivity index (χ1n) is 8.78. The minimum atomic E-state index is -4.03. The van der Waals surface area contributed by atoms with Gasteiger partial charge in [-0.25, -0.2) is 8.42 Å². The minimum absolute atomic E-state index is 0.118. The molecule has 1 fully saturated rings. The fraction of sp³-hybridized carbons (Fsp3) is 0.300. The van der Waals surface area contributed by atoms with Gasteiger partial charge in [0.05, 0.1) is 18.5 Å². The number of carbonyl (C=O) groups is 2. The molecule has 2 aromatic carbocycles. The average molecular weight is 402 g/mol. The maximum Gasteiger partial charge on any atom is 0.265 e. The van der Waals surface area contributed by atoms with Crippen molar-refractivity contribution in [3.05, 3.63) is 47.0 Å². The molecule has 1 heterocycles. The maximum absolute atomic E-state index is 13.1. The Morgan fingerprint density at radius 1 is 0.964 bits per heavy atom. The van der Waals surface area contributed by atoms with Crippen LogP contribution in [0.4, 0.5) is 11.4 Å². The number of nitrogens with zero attached hydrogens (tertiary/aromatic N) is 1. The quantitative estimate of drug-likeness (QED) is 0.776. The Hall–Kier alpha value is -2.87. The van der Waals surface area contributed by atoms with Crippen LogP contribution in [-0.2, 0) is 19.6 Å². The van der Waals surface area contributed by atoms with Crippen LogP contribution in [0.1, 0.15) is 29.5 Å². The van der Waals surface area contributed by atoms with Crippen molar-refractivity contribution in [1.29, 1.82) is 0 Å². The summed E-state index contributed by atoms with van der Waals surface area (Å²) in [4.78, 5) is 24.9. The number of anilines is 2. The second-order valence-electron chi connectivity index (χ2n) is 6.84. The van der Waals surface area contributed by atoms with Gasteiger partial charge in [0.25, 0.3) is 10.0 Å². The lowest BCUT2D eigenvalue weighted by Crippen LogP contribution is -2.29. The van der Waals surface area contributed by atoms with E-state index < -0.39 is 10.0 Å². The average Bonchev–Trinajstić information content (AvgIpc) is 2.96. The smallest absolute Gasteiger partial charge is 0.265 e. The van der Waals surface area contributed by atoms with E-state index in [1.807, 2.05) is 32.9 Å². The molecule has 0 aliphatic carbocycles. The predicted octanol–water partition coefficient (Wildman–Crippen LogP) is 3.07. The molecule has 0 atom stereocenters. The van der Waals surface area contributed by atoms with Crippen LogP contribution < -0.4 is 14.4 Å². The Bertz CT molecular complexity index is 1040. The van der Waals surface area contributed by atoms with Crippen LogP contribution in [0, 0.1) is 20.8 Å². The number of nitrogens with one attached hydrogen (secondary N) is 1. The van der Waals surface area contributed by atoms with E-state index in [0.29, 0.717) is 5.69 Å². The van der Waals surface area contributed by atoms with Gasteiger partial charge in [0.2, 0.25) is 11.8 Å². The Labute approximate surface area is 164 Å². The number of aryl methyl sites for hydroxylation is 3. The molecule has 0 bridgehead atoms. The molecule has 1 saturated heterocycles. The highest BCUT2D eigenvalue weighted by molar-refractivity contribution is 7.92. The highest BCUT2D eigenvalue weighted by atomic mass is 32.2. The predicted molar refractivity (Wildman–Crippen MR) is 106 cm³/mol. The molecule has 7 nitrogen and oxygen atoms in total. The van der Waals surface area contributed by atoms with Crippen molar-refractivity contribution in [2.75, 3.05) is 16.7 Å². The maximum atomic E-state index is 13.1. The summed E-state index contributed by atoms with van der Waals surface area (Å²) in [7, 11) is -2.66. The fourth-order valence-electron chi connectivity index (χ4n) is 3.41. The van der Waals surface area contributed by atoms with Crippen molar-refractivity contribution in [2.24, 2.45) is 0 Å². The topological polar surface area (TPSA) is 92.8 Å². The van der Waals surface area contributed by atoms with Crippen LogP contribution in [0.15, 0.2) is 35.2 Å². The van der Waals surface area contributed by atoms with Gasteiger partial charge in [0.15, 0.2) is 0 Å². The largest absolute Gasteiger partial charge is 0.495 e. The number of imide groups is 1. The molecular weight excluding hydrogens is 380 g/mol. The Morgan fingerprint density at radius 3 is 2.07 bits per heavy atom. The van der Waals surface area contributed by atoms with Gasteiger partial charge in [-0.15, -0.1) is 0 Å². The number of hydrogen-bond acceptors (Lipinski definition) is 5. The van der Waals surface area contributed by atoms with E-state index in [-0.39, 0.29) is 41.0 Å². The molecule has 8 heteroatoms. The third-order valence-electron chi connectivity index (χ3n) is 4.66. The van der Waals surface area contributed by atoms with Crippen molar-refractivity contribution in [1.82, 2.24) is 0 Å². The van der Waals surface area contributed by atoms with E-state index in [9.17, 15) is 18.0 Å². The third-order valence-corrected chi connectivity index (χ3v) is 6.03. The zero-order valence-electron chi connectivity index (χ0n) is 16.2. The van der Waals surface area contributed by atoms with Crippen LogP contribution in [0.25, 0.3) is 0 Å². The van der Waals surface area contributed by atoms with Gasteiger partial charge in [-0.1, -0.05) is 17.7 Å². The van der Waals surface area contributed by atoms with E-state index in [1.165, 1.54) is 25.3 Å². The van der Waals surface area contributed by atoms with Crippen molar-refractivity contribution >= 4 is 33.2 Å². The monoisotopic (exact) mass is 402 g/mol. The first-order chi connectivity index (χ1) is 13.1. The molecule has 1 aliphatic heterocycles. The molecule has 0 saturated carbocycles. The van der Waals surface area contributed by atoms with Crippen molar-refractivity contribution in [3.8, 4) is 5.75 Å². The second kappa shape index (κ2) is 7.27. The molecule has 0 unspecified atom stereocenters. The third kappa shape index (κ3) is 3.60. The lowest BCUT2D eigenvalue weighted by Gasteiger charge is -2.19. The number of amides is 2. The van der Waals surface area contributed by atoms with Crippen molar-refractivity contribution in [3.63, 3.8) is 0 Å². The molecule has 0 spiro atoms. The Kier molecular flexibility index (Phi) is 5.16. The van der Waals surface area contributed by atoms with E-state index in [1.54, 1.807) is 0 Å². The van der Waals surface area contributed by atoms with E-state index >= 15 is 0 Å². The van der Waals surface area contributed by atoms with Crippen LogP contribution in [-0.4, -0.2) is 27.3 Å². The Morgan fingerprint density at radius 2 is 1.54 bits per heavy atom. The minimum Gasteiger partial charge on any atom is -0.495 e. The molecule has 2 aromatic rings. The van der Waals surface area contributed by atoms with Crippen molar-refractivity contribution in [2.45, 2.75) is 38.5 Å². The number of benzene rings is 2. The molecule has 0 radical (unpaired) electrons. The van der Waals surface area contributed by atoms with E-state index in [4.69, 9.17) is 4.74 Å². The number of methoxy groups -OCH3 is 1. The van der Waals surface area contributed by atoms with Crippen LogP contribution in [0.2, 0.25) is 0 Å². The summed E-state index contributed by atoms with van der Waals surface area (Å²) in [5, 5.41) is 0. The SMILES string of the molecule is COc1ccc(N2C(=O)CCC2=O)cc1S(=O)(=O)Nc1c(C)cc(C)cc1C. The molecular formula is C20H22N2O5S. The molecule has 3 rings (SSSR count). The zero-order chi connectivity index (χ0) is 20.6. The van der Waals surface area contributed by atoms with Crippen molar-refractivity contribution < 1.29 is 22.7 Å². The molecule has 1 N–H and O–H groups in total. The van der Waals surface area contributed by atoms with Gasteiger partial charge in [-0.3, -0.25) is 19.2 Å². The van der Waals surface area contributed by atoms with Gasteiger partial charge >= 0.3 is 0 Å². The zero-order valence-corrected chi connectivity index (χ0v) is 17.0. The van der Waals surface area contributed by atoms with Crippen LogP contribution in [0.5, 0.6) is 5.75 Å². The highest BCUT2D eigenvalue weighted by Gasteiger charge is 2.32. The van der Waals surface area contributed by atoms with Gasteiger partial charge in [0, 0.05) is 12.8 Å². The van der Waals surface area contributed by atoms with Crippen LogP contribution in [0.3, 0.4) is 0 Å². The van der Waals surface area contributed by atoms with Gasteiger partial charge in [0.1, 0.15) is 10.6 Å². The number of hydrogen-bond donors (Lipinski definition) is 1. The first kappa shape index (κ1) is 19.9. The molecule has 2 amide bonds. The molecule has 1 aliphatic rings. The normalized spacial score (nSPS) is 14.5. The first-order valence-corrected chi connectivity index (χ1v) is 10.3. The molecule has 148 valence electrons. The summed E-state index contributed by atoms with van der Waals surface area (Å²) in [5.74, 6) is -0.578. The number of carbonyl (C=O) groups excluding carboxylic acids is 2. The Balaban J connectivity index is 2.07. The standard InChI is InChI=1S/C20H22N2O5S/c1-12-9-13(2)20(14(3)10-12)21-28(25,26)17-11-15(5-6-16(17)27-4)22-18(23)7-8-19(22)24/h5-6,9-11,21H,7-8H2,1-4H3. The highest BCUT2D eigenvalue weighted by Crippen LogP contribution is 2.33. The lowest BCUT2D eigenvalue weighted by atomic mass is 10.1. The summed E-state index contributed by atoms with van der Waals surface area (Å²) in [6.45, 7) is 5.59. The summed E-state index contributed by atoms with van der Waals surface area (Å²) < 4.78 is 34.1. The van der Waals surface area contributed by atoms with E-state index in [2.05, 4.69) is 4.72 Å². The van der Waals surface area contributed by atoms with E-state index in [0.717, 1.165) is 21.6 Å². The second-order valence-corrected chi connectivity index (χ2v) is 8.49. The van der Waals surface area contributed by atoms with Gasteiger partial charge < -0.3 is 4.74 Å². The number of rotatable bonds is 5. The molecule has 28 heavy (non-hydrogen) atoms. The number of ether oxygens (including phenoxy) is 1. The lowest BCUT2D eigenvalue weighted by molar-refractivity contribution is -0.121.